The third-order valence-corrected chi connectivity index (χ3v) is 3.17. The van der Waals surface area contributed by atoms with Crippen LogP contribution in [0.4, 0.5) is 4.39 Å². The summed E-state index contributed by atoms with van der Waals surface area (Å²) < 4.78 is 18.6. The van der Waals surface area contributed by atoms with Crippen molar-refractivity contribution >= 4 is 5.97 Å². The average molecular weight is 202 g/mol. The Morgan fingerprint density at radius 3 is 2.50 bits per heavy atom. The summed E-state index contributed by atoms with van der Waals surface area (Å²) in [6, 6.07) is 0. The zero-order valence-electron chi connectivity index (χ0n) is 9.01. The molecule has 1 aliphatic carbocycles. The molecular formula is C11H19FO2. The maximum atomic E-state index is 14.1. The average Bonchev–Trinajstić information content (AvgIpc) is 2.18. The second kappa shape index (κ2) is 4.76. The fraction of sp³-hybridized carbons (Fsp3) is 0.909. The largest absolute Gasteiger partial charge is 0.469 e. The van der Waals surface area contributed by atoms with E-state index in [2.05, 4.69) is 4.74 Å². The minimum Gasteiger partial charge on any atom is -0.469 e. The summed E-state index contributed by atoms with van der Waals surface area (Å²) in [7, 11) is 1.30. The van der Waals surface area contributed by atoms with Crippen molar-refractivity contribution in [1.82, 2.24) is 0 Å². The standard InChI is InChI=1S/C11H19FO2/c1-11(12,8-10(13)14-2)9-6-4-3-5-7-9/h9H,3-8H2,1-2H3. The lowest BCUT2D eigenvalue weighted by Gasteiger charge is -2.32. The Labute approximate surface area is 84.8 Å². The zero-order chi connectivity index (χ0) is 10.6. The smallest absolute Gasteiger partial charge is 0.308 e. The third-order valence-electron chi connectivity index (χ3n) is 3.17. The van der Waals surface area contributed by atoms with Gasteiger partial charge in [0.2, 0.25) is 0 Å². The fourth-order valence-electron chi connectivity index (χ4n) is 2.20. The van der Waals surface area contributed by atoms with Crippen LogP contribution in [0.3, 0.4) is 0 Å². The Bertz CT molecular complexity index is 195. The van der Waals surface area contributed by atoms with Crippen LogP contribution in [0.1, 0.15) is 45.4 Å². The molecular weight excluding hydrogens is 183 g/mol. The van der Waals surface area contributed by atoms with E-state index in [0.717, 1.165) is 25.7 Å². The SMILES string of the molecule is COC(=O)CC(C)(F)C1CCCCC1. The first-order chi connectivity index (χ1) is 6.56. The summed E-state index contributed by atoms with van der Waals surface area (Å²) in [5.41, 5.74) is -1.38. The Balaban J connectivity index is 2.49. The highest BCUT2D eigenvalue weighted by molar-refractivity contribution is 5.70. The van der Waals surface area contributed by atoms with Gasteiger partial charge in [-0.3, -0.25) is 4.79 Å². The molecule has 1 unspecified atom stereocenters. The van der Waals surface area contributed by atoms with E-state index < -0.39 is 11.6 Å². The molecule has 0 aromatic rings. The van der Waals surface area contributed by atoms with Gasteiger partial charge in [0.1, 0.15) is 5.67 Å². The van der Waals surface area contributed by atoms with Gasteiger partial charge in [0.25, 0.3) is 0 Å². The second-order valence-electron chi connectivity index (χ2n) is 4.37. The minimum absolute atomic E-state index is 0.0374. The molecule has 1 atom stereocenters. The van der Waals surface area contributed by atoms with Gasteiger partial charge in [-0.1, -0.05) is 19.3 Å². The number of esters is 1. The molecule has 0 N–H and O–H groups in total. The normalized spacial score (nSPS) is 22.8. The van der Waals surface area contributed by atoms with Crippen LogP contribution >= 0.6 is 0 Å². The van der Waals surface area contributed by atoms with Gasteiger partial charge in [0.15, 0.2) is 0 Å². The topological polar surface area (TPSA) is 26.3 Å². The predicted molar refractivity (Wildman–Crippen MR) is 52.7 cm³/mol. The van der Waals surface area contributed by atoms with Gasteiger partial charge in [-0.15, -0.1) is 0 Å². The van der Waals surface area contributed by atoms with Crippen molar-refractivity contribution in [2.24, 2.45) is 5.92 Å². The summed E-state index contributed by atoms with van der Waals surface area (Å²) in [5.74, 6) is -0.407. The number of ether oxygens (including phenoxy) is 1. The molecule has 0 aliphatic heterocycles. The van der Waals surface area contributed by atoms with E-state index in [9.17, 15) is 9.18 Å². The summed E-state index contributed by atoms with van der Waals surface area (Å²) in [5, 5.41) is 0. The minimum atomic E-state index is -1.38. The molecule has 0 bridgehead atoms. The molecule has 1 aliphatic rings. The van der Waals surface area contributed by atoms with Gasteiger partial charge in [-0.25, -0.2) is 4.39 Å². The third kappa shape index (κ3) is 2.96. The Hall–Kier alpha value is -0.600. The molecule has 1 saturated carbocycles. The number of hydrogen-bond donors (Lipinski definition) is 0. The van der Waals surface area contributed by atoms with Gasteiger partial charge in [0.05, 0.1) is 13.5 Å². The number of carbonyl (C=O) groups excluding carboxylic acids is 1. The first kappa shape index (κ1) is 11.5. The molecule has 0 saturated heterocycles. The summed E-state index contributed by atoms with van der Waals surface area (Å²) in [6.45, 7) is 1.53. The van der Waals surface area contributed by atoms with Crippen LogP contribution in [0.25, 0.3) is 0 Å². The van der Waals surface area contributed by atoms with Crippen molar-refractivity contribution in [1.29, 1.82) is 0 Å². The summed E-state index contributed by atoms with van der Waals surface area (Å²) in [6.07, 6.45) is 5.09. The van der Waals surface area contributed by atoms with Crippen LogP contribution in [-0.4, -0.2) is 18.7 Å². The zero-order valence-corrected chi connectivity index (χ0v) is 9.01. The van der Waals surface area contributed by atoms with Crippen LogP contribution in [0.5, 0.6) is 0 Å². The van der Waals surface area contributed by atoms with E-state index >= 15 is 0 Å². The number of hydrogen-bond acceptors (Lipinski definition) is 2. The summed E-state index contributed by atoms with van der Waals surface area (Å²) >= 11 is 0. The van der Waals surface area contributed by atoms with Crippen molar-refractivity contribution in [3.8, 4) is 0 Å². The first-order valence-corrected chi connectivity index (χ1v) is 5.32. The van der Waals surface area contributed by atoms with E-state index in [4.69, 9.17) is 0 Å². The molecule has 1 fully saturated rings. The maximum absolute atomic E-state index is 14.1. The fourth-order valence-corrected chi connectivity index (χ4v) is 2.20. The molecule has 82 valence electrons. The molecule has 3 heteroatoms. The molecule has 2 nitrogen and oxygen atoms in total. The van der Waals surface area contributed by atoms with Crippen LogP contribution < -0.4 is 0 Å². The van der Waals surface area contributed by atoms with Crippen molar-refractivity contribution < 1.29 is 13.9 Å². The number of halogens is 1. The molecule has 1 rings (SSSR count). The Morgan fingerprint density at radius 1 is 1.43 bits per heavy atom. The number of methoxy groups -OCH3 is 1. The number of rotatable bonds is 3. The highest BCUT2D eigenvalue weighted by Gasteiger charge is 2.37. The second-order valence-corrected chi connectivity index (χ2v) is 4.37. The highest BCUT2D eigenvalue weighted by Crippen LogP contribution is 2.37. The molecule has 0 heterocycles. The molecule has 0 spiro atoms. The van der Waals surface area contributed by atoms with Gasteiger partial charge < -0.3 is 4.74 Å². The van der Waals surface area contributed by atoms with Crippen LogP contribution in [-0.2, 0) is 9.53 Å². The van der Waals surface area contributed by atoms with E-state index in [0.29, 0.717) is 0 Å². The van der Waals surface area contributed by atoms with E-state index in [-0.39, 0.29) is 12.3 Å². The lowest BCUT2D eigenvalue weighted by molar-refractivity contribution is -0.145. The molecule has 0 aromatic heterocycles. The quantitative estimate of drug-likeness (QED) is 0.658. The van der Waals surface area contributed by atoms with Gasteiger partial charge in [0, 0.05) is 0 Å². The van der Waals surface area contributed by atoms with Crippen LogP contribution in [0.2, 0.25) is 0 Å². The van der Waals surface area contributed by atoms with Gasteiger partial charge in [-0.2, -0.15) is 0 Å². The Kier molecular flexibility index (Phi) is 3.90. The molecule has 0 amide bonds. The monoisotopic (exact) mass is 202 g/mol. The van der Waals surface area contributed by atoms with Gasteiger partial charge in [-0.05, 0) is 25.7 Å². The highest BCUT2D eigenvalue weighted by atomic mass is 19.1. The van der Waals surface area contributed by atoms with Crippen molar-refractivity contribution in [3.05, 3.63) is 0 Å². The Morgan fingerprint density at radius 2 is 2.00 bits per heavy atom. The van der Waals surface area contributed by atoms with Crippen LogP contribution in [0.15, 0.2) is 0 Å². The lowest BCUT2D eigenvalue weighted by atomic mass is 9.77. The molecule has 0 radical (unpaired) electrons. The van der Waals surface area contributed by atoms with Crippen molar-refractivity contribution in [2.75, 3.05) is 7.11 Å². The maximum Gasteiger partial charge on any atom is 0.308 e. The van der Waals surface area contributed by atoms with E-state index in [1.165, 1.54) is 20.5 Å². The van der Waals surface area contributed by atoms with Crippen LogP contribution in [0, 0.1) is 5.92 Å². The summed E-state index contributed by atoms with van der Waals surface area (Å²) in [4.78, 5) is 11.0. The molecule has 0 aromatic carbocycles. The molecule has 14 heavy (non-hydrogen) atoms. The predicted octanol–water partition coefficient (Wildman–Crippen LogP) is 2.86. The first-order valence-electron chi connectivity index (χ1n) is 5.32. The lowest BCUT2D eigenvalue weighted by Crippen LogP contribution is -2.34. The van der Waals surface area contributed by atoms with E-state index in [1.54, 1.807) is 0 Å². The van der Waals surface area contributed by atoms with Crippen molar-refractivity contribution in [3.63, 3.8) is 0 Å². The van der Waals surface area contributed by atoms with E-state index in [1.807, 2.05) is 0 Å². The number of carbonyl (C=O) groups is 1. The number of alkyl halides is 1. The van der Waals surface area contributed by atoms with Crippen molar-refractivity contribution in [2.45, 2.75) is 51.1 Å². The van der Waals surface area contributed by atoms with Gasteiger partial charge >= 0.3 is 5.97 Å².